The molecule has 1 amide bonds. The van der Waals surface area contributed by atoms with Gasteiger partial charge in [0.1, 0.15) is 11.6 Å². The van der Waals surface area contributed by atoms with E-state index in [1.54, 1.807) is 12.1 Å². The summed E-state index contributed by atoms with van der Waals surface area (Å²) >= 11 is 0. The molecule has 3 fully saturated rings. The summed E-state index contributed by atoms with van der Waals surface area (Å²) in [5.41, 5.74) is 0.199. The maximum absolute atomic E-state index is 13.2. The molecule has 3 aliphatic rings. The number of carbonyl (C=O) groups excluding carboxylic acids is 1. The molecule has 1 aliphatic carbocycles. The van der Waals surface area contributed by atoms with Crippen LogP contribution in [-0.2, 0) is 4.79 Å². The Morgan fingerprint density at radius 2 is 2.17 bits per heavy atom. The van der Waals surface area contributed by atoms with Crippen molar-refractivity contribution in [2.75, 3.05) is 20.2 Å². The molecule has 2 heterocycles. The predicted molar refractivity (Wildman–Crippen MR) is 89.3 cm³/mol. The van der Waals surface area contributed by atoms with Crippen molar-refractivity contribution in [2.24, 2.45) is 5.41 Å². The fourth-order valence-corrected chi connectivity index (χ4v) is 5.35. The van der Waals surface area contributed by atoms with Crippen LogP contribution in [0.25, 0.3) is 0 Å². The lowest BCUT2D eigenvalue weighted by Crippen LogP contribution is -2.58. The number of nitrogens with zero attached hydrogens (tertiary/aromatic N) is 2. The zero-order valence-corrected chi connectivity index (χ0v) is 14.4. The first kappa shape index (κ1) is 15.9. The average Bonchev–Trinajstić information content (AvgIpc) is 2.81. The predicted octanol–water partition coefficient (Wildman–Crippen LogP) is 2.68. The van der Waals surface area contributed by atoms with Crippen molar-refractivity contribution < 1.29 is 13.9 Å². The lowest BCUT2D eigenvalue weighted by Gasteiger charge is -2.50. The van der Waals surface area contributed by atoms with E-state index in [9.17, 15) is 9.18 Å². The Morgan fingerprint density at radius 1 is 1.38 bits per heavy atom. The minimum atomic E-state index is -0.347. The van der Waals surface area contributed by atoms with Crippen molar-refractivity contribution in [1.82, 2.24) is 9.80 Å². The summed E-state index contributed by atoms with van der Waals surface area (Å²) in [5.74, 6) is 0.0875. The molecule has 24 heavy (non-hydrogen) atoms. The van der Waals surface area contributed by atoms with Crippen LogP contribution in [0.5, 0.6) is 5.75 Å². The lowest BCUT2D eigenvalue weighted by molar-refractivity contribution is -0.142. The average molecular weight is 332 g/mol. The van der Waals surface area contributed by atoms with Crippen LogP contribution in [0.4, 0.5) is 4.39 Å². The highest BCUT2D eigenvalue weighted by atomic mass is 19.1. The van der Waals surface area contributed by atoms with E-state index in [2.05, 4.69) is 18.9 Å². The van der Waals surface area contributed by atoms with E-state index in [-0.39, 0.29) is 23.7 Å². The molecule has 1 saturated carbocycles. The Labute approximate surface area is 142 Å². The second kappa shape index (κ2) is 5.73. The van der Waals surface area contributed by atoms with Crippen molar-refractivity contribution in [2.45, 2.75) is 50.7 Å². The fourth-order valence-electron chi connectivity index (χ4n) is 5.35. The molecule has 0 unspecified atom stereocenters. The first-order valence-electron chi connectivity index (χ1n) is 8.89. The molecule has 0 N–H and O–H groups in total. The molecule has 4 nitrogen and oxygen atoms in total. The van der Waals surface area contributed by atoms with Crippen LogP contribution in [-0.4, -0.2) is 54.0 Å². The zero-order chi connectivity index (χ0) is 16.9. The van der Waals surface area contributed by atoms with E-state index in [4.69, 9.17) is 4.74 Å². The number of hydrogen-bond acceptors (Lipinski definition) is 3. The number of likely N-dealkylation sites (tertiary alicyclic amines) is 2. The topological polar surface area (TPSA) is 32.8 Å². The molecule has 1 aromatic rings. The Kier molecular flexibility index (Phi) is 3.79. The van der Waals surface area contributed by atoms with Gasteiger partial charge in [-0.3, -0.25) is 9.69 Å². The van der Waals surface area contributed by atoms with Gasteiger partial charge in [-0.2, -0.15) is 0 Å². The Balaban J connectivity index is 1.49. The minimum Gasteiger partial charge on any atom is -0.484 e. The molecule has 2 saturated heterocycles. The number of fused-ring (bicyclic) bond motifs is 1. The van der Waals surface area contributed by atoms with E-state index < -0.39 is 0 Å². The first-order valence-corrected chi connectivity index (χ1v) is 8.89. The second-order valence-electron chi connectivity index (χ2n) is 7.78. The van der Waals surface area contributed by atoms with Gasteiger partial charge in [-0.25, -0.2) is 4.39 Å². The Morgan fingerprint density at radius 3 is 2.96 bits per heavy atom. The number of amides is 1. The normalized spacial score (nSPS) is 35.1. The van der Waals surface area contributed by atoms with Gasteiger partial charge in [0.15, 0.2) is 6.61 Å². The summed E-state index contributed by atoms with van der Waals surface area (Å²) in [5, 5.41) is 0. The third-order valence-corrected chi connectivity index (χ3v) is 6.48. The van der Waals surface area contributed by atoms with Gasteiger partial charge in [0, 0.05) is 36.2 Å². The maximum Gasteiger partial charge on any atom is 0.260 e. The molecular weight excluding hydrogens is 307 g/mol. The number of ether oxygens (including phenoxy) is 1. The number of halogens is 1. The van der Waals surface area contributed by atoms with Gasteiger partial charge in [-0.15, -0.1) is 0 Å². The summed E-state index contributed by atoms with van der Waals surface area (Å²) in [4.78, 5) is 17.4. The monoisotopic (exact) mass is 332 g/mol. The van der Waals surface area contributed by atoms with Gasteiger partial charge in [-0.1, -0.05) is 13.0 Å². The molecule has 0 radical (unpaired) electrons. The number of carbonyl (C=O) groups is 1. The van der Waals surface area contributed by atoms with Crippen LogP contribution in [0.3, 0.4) is 0 Å². The number of piperidine rings is 1. The van der Waals surface area contributed by atoms with E-state index >= 15 is 0 Å². The van der Waals surface area contributed by atoms with Crippen molar-refractivity contribution in [1.29, 1.82) is 0 Å². The molecule has 4 atom stereocenters. The van der Waals surface area contributed by atoms with Crippen LogP contribution >= 0.6 is 0 Å². The molecule has 0 aromatic heterocycles. The van der Waals surface area contributed by atoms with Gasteiger partial charge in [-0.05, 0) is 44.9 Å². The number of benzene rings is 1. The van der Waals surface area contributed by atoms with Gasteiger partial charge < -0.3 is 9.64 Å². The van der Waals surface area contributed by atoms with Crippen molar-refractivity contribution in [3.63, 3.8) is 0 Å². The molecule has 1 aromatic carbocycles. The SMILES string of the molecule is CN1[C@@H]2CN(C(=O)COc3cccc(F)c3)[C@@H]3CCC[C@H]1[C@]3(C)C2. The highest BCUT2D eigenvalue weighted by Crippen LogP contribution is 2.53. The summed E-state index contributed by atoms with van der Waals surface area (Å²) < 4.78 is 18.8. The molecule has 5 heteroatoms. The van der Waals surface area contributed by atoms with Crippen LogP contribution in [0.2, 0.25) is 0 Å². The Hall–Kier alpha value is -1.62. The molecule has 4 rings (SSSR count). The third-order valence-electron chi connectivity index (χ3n) is 6.48. The highest BCUT2D eigenvalue weighted by Gasteiger charge is 2.59. The van der Waals surface area contributed by atoms with Crippen LogP contribution in [0, 0.1) is 11.2 Å². The number of hydrogen-bond donors (Lipinski definition) is 0. The molecule has 130 valence electrons. The van der Waals surface area contributed by atoms with Crippen LogP contribution < -0.4 is 4.74 Å². The second-order valence-corrected chi connectivity index (χ2v) is 7.78. The van der Waals surface area contributed by atoms with Gasteiger partial charge in [0.25, 0.3) is 5.91 Å². The molecule has 0 spiro atoms. The maximum atomic E-state index is 13.2. The minimum absolute atomic E-state index is 0.0167. The first-order chi connectivity index (χ1) is 11.5. The summed E-state index contributed by atoms with van der Waals surface area (Å²) in [6, 6.07) is 7.31. The largest absolute Gasteiger partial charge is 0.484 e. The Bertz CT molecular complexity index is 652. The van der Waals surface area contributed by atoms with Crippen LogP contribution in [0.15, 0.2) is 24.3 Å². The number of likely N-dealkylation sites (N-methyl/N-ethyl adjacent to an activating group) is 1. The summed E-state index contributed by atoms with van der Waals surface area (Å²) in [6.45, 7) is 3.13. The van der Waals surface area contributed by atoms with E-state index in [1.165, 1.54) is 31.4 Å². The van der Waals surface area contributed by atoms with Crippen molar-refractivity contribution >= 4 is 5.91 Å². The molecule has 2 aliphatic heterocycles. The van der Waals surface area contributed by atoms with Crippen molar-refractivity contribution in [3.05, 3.63) is 30.1 Å². The van der Waals surface area contributed by atoms with E-state index in [0.717, 1.165) is 13.0 Å². The molecular formula is C19H25FN2O2. The number of rotatable bonds is 3. The molecule has 2 bridgehead atoms. The third kappa shape index (κ3) is 2.41. The van der Waals surface area contributed by atoms with E-state index in [0.29, 0.717) is 23.9 Å². The quantitative estimate of drug-likeness (QED) is 0.853. The van der Waals surface area contributed by atoms with Gasteiger partial charge >= 0.3 is 0 Å². The van der Waals surface area contributed by atoms with E-state index in [1.807, 2.05) is 4.90 Å². The summed E-state index contributed by atoms with van der Waals surface area (Å²) in [6.07, 6.45) is 4.69. The zero-order valence-electron chi connectivity index (χ0n) is 14.4. The van der Waals surface area contributed by atoms with Gasteiger partial charge in [0.2, 0.25) is 0 Å². The van der Waals surface area contributed by atoms with Crippen molar-refractivity contribution in [3.8, 4) is 5.75 Å². The summed E-state index contributed by atoms with van der Waals surface area (Å²) in [7, 11) is 2.21. The van der Waals surface area contributed by atoms with Gasteiger partial charge in [0.05, 0.1) is 0 Å². The fraction of sp³-hybridized carbons (Fsp3) is 0.632. The lowest BCUT2D eigenvalue weighted by atomic mass is 9.66. The smallest absolute Gasteiger partial charge is 0.260 e. The standard InChI is InChI=1S/C19H25FN2O2/c1-19-10-14-11-22(17(19)8-4-7-16(19)21(14)2)18(23)12-24-15-6-3-5-13(20)9-15/h3,5-6,9,14,16-17H,4,7-8,10-12H2,1-2H3/t14-,16-,17+,19-/m0/s1. The van der Waals surface area contributed by atoms with Crippen LogP contribution in [0.1, 0.15) is 32.6 Å². The highest BCUT2D eigenvalue weighted by molar-refractivity contribution is 5.78.